The van der Waals surface area contributed by atoms with Crippen LogP contribution in [0.15, 0.2) is 11.1 Å². The van der Waals surface area contributed by atoms with Gasteiger partial charge in [-0.2, -0.15) is 0 Å². The summed E-state index contributed by atoms with van der Waals surface area (Å²) in [7, 11) is 1.85. The zero-order valence-corrected chi connectivity index (χ0v) is 34.7. The van der Waals surface area contributed by atoms with E-state index in [1.54, 1.807) is 18.7 Å². The van der Waals surface area contributed by atoms with Crippen molar-refractivity contribution in [3.05, 3.63) is 11.1 Å². The second kappa shape index (κ2) is 13.8. The lowest BCUT2D eigenvalue weighted by Crippen LogP contribution is -2.66. The molecule has 2 unspecified atom stereocenters. The van der Waals surface area contributed by atoms with Crippen molar-refractivity contribution in [2.24, 2.45) is 62.1 Å². The van der Waals surface area contributed by atoms with Crippen LogP contribution in [0.3, 0.4) is 0 Å². The summed E-state index contributed by atoms with van der Waals surface area (Å²) in [6.07, 6.45) is 12.0. The number of hydrogen-bond donors (Lipinski definition) is 2. The Bertz CT molecular complexity index is 1520. The third-order valence-electron chi connectivity index (χ3n) is 17.3. The molecule has 5 fully saturated rings. The van der Waals surface area contributed by atoms with E-state index in [1.807, 2.05) is 7.05 Å². The molecule has 9 atom stereocenters. The molecule has 8 heteroatoms. The number of aliphatic hydroxyl groups is 1. The minimum Gasteiger partial charge on any atom is -0.481 e. The highest BCUT2D eigenvalue weighted by molar-refractivity contribution is 6.00. The van der Waals surface area contributed by atoms with Crippen LogP contribution in [-0.4, -0.2) is 64.5 Å². The number of rotatable bonds is 9. The number of likely N-dealkylation sites (N-methyl/N-ethyl adjacent to an activating group) is 1. The van der Waals surface area contributed by atoms with Crippen LogP contribution in [0.5, 0.6) is 0 Å². The first-order chi connectivity index (χ1) is 24.6. The number of carboxylic acid groups (broad SMARTS) is 1. The summed E-state index contributed by atoms with van der Waals surface area (Å²) in [5.41, 5.74) is 0.173. The first-order valence-corrected chi connectivity index (χ1v) is 21.2. The first-order valence-electron chi connectivity index (χ1n) is 21.2. The largest absolute Gasteiger partial charge is 0.481 e. The highest BCUT2D eigenvalue weighted by atomic mass is 16.5. The number of ether oxygens (including phenoxy) is 1. The molecule has 2 N–H and O–H groups in total. The van der Waals surface area contributed by atoms with Gasteiger partial charge in [0.05, 0.1) is 17.9 Å². The van der Waals surface area contributed by atoms with Crippen molar-refractivity contribution in [2.75, 3.05) is 13.6 Å². The Hall–Kier alpha value is -2.22. The van der Waals surface area contributed by atoms with Gasteiger partial charge in [0, 0.05) is 36.8 Å². The van der Waals surface area contributed by atoms with E-state index >= 15 is 0 Å². The molecule has 0 aromatic carbocycles. The second-order valence-corrected chi connectivity index (χ2v) is 21.1. The molecule has 6 rings (SSSR count). The van der Waals surface area contributed by atoms with Crippen LogP contribution in [0.25, 0.3) is 0 Å². The van der Waals surface area contributed by atoms with Crippen molar-refractivity contribution in [1.29, 1.82) is 0 Å². The van der Waals surface area contributed by atoms with Crippen LogP contribution in [-0.2, 0) is 23.9 Å². The fourth-order valence-electron chi connectivity index (χ4n) is 14.1. The Balaban J connectivity index is 1.27. The Kier molecular flexibility index (Phi) is 10.5. The fraction of sp³-hybridized carbons (Fsp3) is 0.867. The maximum Gasteiger partial charge on any atom is 0.309 e. The number of carbonyl (C=O) groups is 4. The summed E-state index contributed by atoms with van der Waals surface area (Å²) in [5, 5.41) is 21.9. The summed E-state index contributed by atoms with van der Waals surface area (Å²) in [6, 6.07) is 0. The number of allylic oxidation sites excluding steroid dienone is 1. The second-order valence-electron chi connectivity index (χ2n) is 21.1. The Labute approximate surface area is 319 Å². The highest BCUT2D eigenvalue weighted by Gasteiger charge is 2.71. The molecule has 1 amide bonds. The molecule has 0 aromatic rings. The van der Waals surface area contributed by atoms with Gasteiger partial charge in [-0.05, 0) is 124 Å². The van der Waals surface area contributed by atoms with E-state index in [0.717, 1.165) is 82.6 Å². The molecule has 0 aliphatic heterocycles. The predicted molar refractivity (Wildman–Crippen MR) is 206 cm³/mol. The molecule has 6 aliphatic carbocycles. The molecule has 5 saturated carbocycles. The normalized spacial score (nSPS) is 39.1. The average molecular weight is 738 g/mol. The van der Waals surface area contributed by atoms with Crippen molar-refractivity contribution in [2.45, 2.75) is 171 Å². The fourth-order valence-corrected chi connectivity index (χ4v) is 14.1. The van der Waals surface area contributed by atoms with E-state index in [0.29, 0.717) is 18.3 Å². The van der Waals surface area contributed by atoms with E-state index in [-0.39, 0.29) is 70.2 Å². The Morgan fingerprint density at radius 1 is 0.868 bits per heavy atom. The summed E-state index contributed by atoms with van der Waals surface area (Å²) in [5.74, 6) is 0.0744. The van der Waals surface area contributed by atoms with Crippen molar-refractivity contribution in [1.82, 2.24) is 4.90 Å². The van der Waals surface area contributed by atoms with E-state index in [2.05, 4.69) is 48.5 Å². The van der Waals surface area contributed by atoms with Gasteiger partial charge in [-0.25, -0.2) is 0 Å². The van der Waals surface area contributed by atoms with Gasteiger partial charge in [0.1, 0.15) is 6.10 Å². The zero-order valence-electron chi connectivity index (χ0n) is 34.7. The molecule has 0 bridgehead atoms. The summed E-state index contributed by atoms with van der Waals surface area (Å²) in [6.45, 7) is 19.8. The van der Waals surface area contributed by atoms with Gasteiger partial charge in [-0.1, -0.05) is 73.3 Å². The van der Waals surface area contributed by atoms with Crippen molar-refractivity contribution >= 4 is 23.6 Å². The van der Waals surface area contributed by atoms with Crippen molar-refractivity contribution < 1.29 is 34.1 Å². The van der Waals surface area contributed by atoms with Crippen molar-refractivity contribution in [3.63, 3.8) is 0 Å². The smallest absolute Gasteiger partial charge is 0.309 e. The van der Waals surface area contributed by atoms with Crippen LogP contribution >= 0.6 is 0 Å². The minimum atomic E-state index is -1.17. The number of hydrogen-bond acceptors (Lipinski definition) is 6. The number of Topliss-reactive ketones (excluding diaryl/α,β-unsaturated/α-hetero) is 1. The topological polar surface area (TPSA) is 121 Å². The van der Waals surface area contributed by atoms with E-state index < -0.39 is 28.9 Å². The summed E-state index contributed by atoms with van der Waals surface area (Å²) >= 11 is 0. The van der Waals surface area contributed by atoms with Gasteiger partial charge in [0.15, 0.2) is 5.78 Å². The third kappa shape index (κ3) is 6.26. The average Bonchev–Trinajstić information content (AvgIpc) is 3.39. The number of carbonyl (C=O) groups excluding carboxylic acids is 3. The SMILES string of the molecule is CC(C)C1=C2[C@H]3CC[C@@H]4[C@@]5(C)CC[C@H](OC(=O)CC(C)(C)C(=O)O)C(C)(C)[C@@H]5CC[C@@]4(C)[C@]3(C)CCC2(C(O)CN(C)C(=O)C2CCCCC2)CC1=O. The number of aliphatic hydroxyl groups excluding tert-OH is 1. The lowest BCUT2D eigenvalue weighted by atomic mass is 9.33. The summed E-state index contributed by atoms with van der Waals surface area (Å²) < 4.78 is 6.17. The molecule has 6 aliphatic rings. The van der Waals surface area contributed by atoms with Gasteiger partial charge in [-0.15, -0.1) is 0 Å². The van der Waals surface area contributed by atoms with Gasteiger partial charge in [0.25, 0.3) is 0 Å². The molecule has 0 heterocycles. The first kappa shape index (κ1) is 40.4. The Morgan fingerprint density at radius 2 is 1.53 bits per heavy atom. The summed E-state index contributed by atoms with van der Waals surface area (Å²) in [4.78, 5) is 54.3. The highest BCUT2D eigenvalue weighted by Crippen LogP contribution is 2.77. The van der Waals surface area contributed by atoms with Crippen LogP contribution in [0.1, 0.15) is 159 Å². The molecule has 53 heavy (non-hydrogen) atoms. The van der Waals surface area contributed by atoms with E-state index in [4.69, 9.17) is 4.74 Å². The van der Waals surface area contributed by atoms with Gasteiger partial charge < -0.3 is 19.8 Å². The van der Waals surface area contributed by atoms with Gasteiger partial charge >= 0.3 is 11.9 Å². The molecular formula is C45H71NO7. The standard InChI is InChI=1S/C45H71NO7/c1-27(2)36-30(47)24-45(33(48)26-46(10)38(50)28-14-12-11-13-15-28)23-22-43(8)29(37(36)45)16-17-32-42(7)20-19-34(53-35(49)25-40(3,4)39(51)52)41(5,6)31(42)18-21-44(32,43)9/h27-29,31-34,48H,11-26H2,1-10H3,(H,51,52)/t29-,31+,32-,33?,34+,42+,43-,44-,45?/m1/s1. The number of fused-ring (bicyclic) bond motifs is 7. The number of esters is 1. The van der Waals surface area contributed by atoms with Gasteiger partial charge in [-0.3, -0.25) is 19.2 Å². The number of nitrogens with zero attached hydrogens (tertiary/aromatic N) is 1. The third-order valence-corrected chi connectivity index (χ3v) is 17.3. The molecule has 0 spiro atoms. The van der Waals surface area contributed by atoms with Crippen molar-refractivity contribution in [3.8, 4) is 0 Å². The lowest BCUT2D eigenvalue weighted by Gasteiger charge is -2.72. The number of carboxylic acids is 1. The molecule has 298 valence electrons. The zero-order chi connectivity index (χ0) is 39.1. The number of aliphatic carboxylic acids is 1. The monoisotopic (exact) mass is 738 g/mol. The molecule has 0 radical (unpaired) electrons. The van der Waals surface area contributed by atoms with E-state index in [9.17, 15) is 29.4 Å². The van der Waals surface area contributed by atoms with Crippen LogP contribution in [0.2, 0.25) is 0 Å². The number of amides is 1. The van der Waals surface area contributed by atoms with Crippen LogP contribution < -0.4 is 0 Å². The molecular weight excluding hydrogens is 666 g/mol. The number of ketones is 1. The predicted octanol–water partition coefficient (Wildman–Crippen LogP) is 8.78. The van der Waals surface area contributed by atoms with Crippen LogP contribution in [0.4, 0.5) is 0 Å². The molecule has 0 aromatic heterocycles. The maximum atomic E-state index is 14.1. The maximum absolute atomic E-state index is 14.1. The Morgan fingerprint density at radius 3 is 2.15 bits per heavy atom. The van der Waals surface area contributed by atoms with E-state index in [1.165, 1.54) is 12.0 Å². The molecule has 8 nitrogen and oxygen atoms in total. The molecule has 0 saturated heterocycles. The van der Waals surface area contributed by atoms with Crippen LogP contribution in [0, 0.1) is 62.1 Å². The lowest BCUT2D eigenvalue weighted by molar-refractivity contribution is -0.235. The van der Waals surface area contributed by atoms with Gasteiger partial charge in [0.2, 0.25) is 5.91 Å². The quantitative estimate of drug-likeness (QED) is 0.227. The minimum absolute atomic E-state index is 0.0256.